The van der Waals surface area contributed by atoms with E-state index in [4.69, 9.17) is 30.4 Å². The number of likely N-dealkylation sites (tertiary alicyclic amines) is 1. The first-order chi connectivity index (χ1) is 40.4. The molecule has 480 valence electrons. The van der Waals surface area contributed by atoms with Gasteiger partial charge in [-0.05, 0) is 72.6 Å². The lowest BCUT2D eigenvalue weighted by molar-refractivity contribution is -0.198. The maximum atomic E-state index is 14.9. The minimum Gasteiger partial charge on any atom is -0.458 e. The van der Waals surface area contributed by atoms with Crippen molar-refractivity contribution in [2.75, 3.05) is 53.3 Å². The van der Waals surface area contributed by atoms with Crippen molar-refractivity contribution >= 4 is 53.3 Å². The van der Waals surface area contributed by atoms with E-state index in [-0.39, 0.29) is 81.6 Å². The van der Waals surface area contributed by atoms with Crippen molar-refractivity contribution in [3.8, 4) is 0 Å². The molecule has 1 fully saturated rings. The van der Waals surface area contributed by atoms with Gasteiger partial charge >= 0.3 is 18.1 Å². The number of likely N-dealkylation sites (N-methyl/N-ethyl adjacent to an activating group) is 2. The summed E-state index contributed by atoms with van der Waals surface area (Å²) in [7, 11) is 5.97. The highest BCUT2D eigenvalue weighted by Gasteiger charge is 2.53. The van der Waals surface area contributed by atoms with E-state index in [0.717, 1.165) is 0 Å². The molecule has 3 rings (SSSR count). The van der Waals surface area contributed by atoms with Gasteiger partial charge in [-0.15, -0.1) is 0 Å². The molecule has 1 aliphatic heterocycles. The Kier molecular flexibility index (Phi) is 29.2. The van der Waals surface area contributed by atoms with Crippen LogP contribution in [-0.2, 0) is 60.7 Å². The average Bonchev–Trinajstić information content (AvgIpc) is 1.89. The predicted octanol–water partition coefficient (Wildman–Crippen LogP) is 4.28. The van der Waals surface area contributed by atoms with E-state index in [0.29, 0.717) is 41.8 Å². The number of methoxy groups -OCH3 is 2. The number of carbonyl (C=O) groups is 8. The molecule has 11 N–H and O–H groups in total. The Morgan fingerprint density at radius 2 is 1.48 bits per heavy atom. The second kappa shape index (κ2) is 34.3. The van der Waals surface area contributed by atoms with Crippen molar-refractivity contribution in [1.82, 2.24) is 36.0 Å². The van der Waals surface area contributed by atoms with Crippen LogP contribution in [-0.4, -0.2) is 174 Å². The summed E-state index contributed by atoms with van der Waals surface area (Å²) in [5, 5.41) is 37.9. The van der Waals surface area contributed by atoms with Gasteiger partial charge in [0.25, 0.3) is 0 Å². The highest BCUT2D eigenvalue weighted by Crippen LogP contribution is 2.37. The molecule has 1 heterocycles. The topological polar surface area (TPSA) is 336 Å². The van der Waals surface area contributed by atoms with Crippen molar-refractivity contribution < 1.29 is 67.5 Å². The van der Waals surface area contributed by atoms with Crippen LogP contribution in [0.1, 0.15) is 112 Å². The minimum atomic E-state index is -2.52. The average molecular weight is 1210 g/mol. The van der Waals surface area contributed by atoms with Gasteiger partial charge < -0.3 is 81.9 Å². The van der Waals surface area contributed by atoms with E-state index in [9.17, 15) is 48.6 Å². The number of benzene rings is 2. The van der Waals surface area contributed by atoms with Crippen LogP contribution >= 0.6 is 0 Å². The maximum Gasteiger partial charge on any atom is 0.410 e. The Hall–Kier alpha value is -7.12. The zero-order chi connectivity index (χ0) is 64.8. The Bertz CT molecular complexity index is 2590. The molecule has 2 aromatic carbocycles. The predicted molar refractivity (Wildman–Crippen MR) is 326 cm³/mol. The summed E-state index contributed by atoms with van der Waals surface area (Å²) in [6.45, 7) is 24.3. The number of aliphatic hydroxyl groups is 2. The lowest BCUT2D eigenvalue weighted by Crippen LogP contribution is -2.63. The van der Waals surface area contributed by atoms with Crippen molar-refractivity contribution in [3.05, 3.63) is 90.7 Å². The number of anilines is 1. The molecule has 0 aliphatic carbocycles. The zero-order valence-electron chi connectivity index (χ0n) is 52.7. The molecular formula is C62H98N10O14. The van der Waals surface area contributed by atoms with Crippen LogP contribution in [0.15, 0.2) is 79.5 Å². The molecule has 2 aromatic rings. The van der Waals surface area contributed by atoms with E-state index in [1.165, 1.54) is 37.0 Å². The van der Waals surface area contributed by atoms with Gasteiger partial charge in [0.1, 0.15) is 31.4 Å². The van der Waals surface area contributed by atoms with Crippen LogP contribution in [0.5, 0.6) is 0 Å². The number of nitrogens with two attached hydrogens (primary N) is 2. The third-order valence-corrected chi connectivity index (χ3v) is 15.8. The van der Waals surface area contributed by atoms with Crippen LogP contribution in [0.3, 0.4) is 0 Å². The fraction of sp³-hybridized carbons (Fsp3) is 0.613. The van der Waals surface area contributed by atoms with Gasteiger partial charge in [0.05, 0.1) is 36.6 Å². The molecule has 1 unspecified atom stereocenters. The van der Waals surface area contributed by atoms with Crippen molar-refractivity contribution in [2.45, 2.75) is 168 Å². The lowest BCUT2D eigenvalue weighted by atomic mass is 9.88. The summed E-state index contributed by atoms with van der Waals surface area (Å²) < 4.78 is 22.8. The number of amides is 8. The first kappa shape index (κ1) is 73.1. The van der Waals surface area contributed by atoms with Gasteiger partial charge in [-0.25, -0.2) is 14.4 Å². The summed E-state index contributed by atoms with van der Waals surface area (Å²) in [4.78, 5) is 112. The Morgan fingerprint density at radius 3 is 2.02 bits per heavy atom. The van der Waals surface area contributed by atoms with E-state index < -0.39 is 102 Å². The molecule has 24 heteroatoms. The molecule has 0 aromatic heterocycles. The third-order valence-electron chi connectivity index (χ3n) is 15.8. The molecule has 86 heavy (non-hydrogen) atoms. The quantitative estimate of drug-likeness (QED) is 0.0201. The van der Waals surface area contributed by atoms with Gasteiger partial charge in [-0.3, -0.25) is 24.0 Å². The summed E-state index contributed by atoms with van der Waals surface area (Å²) in [6, 6.07) is 10.4. The number of primary amides is 1. The summed E-state index contributed by atoms with van der Waals surface area (Å²) in [6.07, 6.45) is -0.690. The molecule has 8 amide bonds. The summed E-state index contributed by atoms with van der Waals surface area (Å²) in [5.41, 5.74) is 8.58. The van der Waals surface area contributed by atoms with E-state index in [1.54, 1.807) is 87.4 Å². The number of hydrogen-bond donors (Lipinski definition) is 9. The normalized spacial score (nSPS) is 17.9. The van der Waals surface area contributed by atoms with Gasteiger partial charge in [-0.2, -0.15) is 0 Å². The summed E-state index contributed by atoms with van der Waals surface area (Å²) >= 11 is 0. The molecule has 0 radical (unpaired) electrons. The third kappa shape index (κ3) is 20.2. The van der Waals surface area contributed by atoms with Crippen LogP contribution in [0, 0.1) is 29.6 Å². The van der Waals surface area contributed by atoms with Gasteiger partial charge in [-0.1, -0.05) is 130 Å². The van der Waals surface area contributed by atoms with E-state index in [1.807, 2.05) is 41.5 Å². The van der Waals surface area contributed by atoms with Crippen LogP contribution in [0.2, 0.25) is 0 Å². The van der Waals surface area contributed by atoms with E-state index in [2.05, 4.69) is 39.7 Å². The monoisotopic (exact) mass is 1210 g/mol. The van der Waals surface area contributed by atoms with Crippen LogP contribution in [0.4, 0.5) is 15.3 Å². The van der Waals surface area contributed by atoms with Crippen molar-refractivity contribution in [3.63, 3.8) is 0 Å². The molecule has 0 bridgehead atoms. The number of carbonyl (C=O) groups excluding carboxylic acids is 8. The van der Waals surface area contributed by atoms with Gasteiger partial charge in [0.15, 0.2) is 5.72 Å². The number of ether oxygens (including phenoxy) is 4. The largest absolute Gasteiger partial charge is 0.458 e. The number of rotatable bonds is 35. The molecule has 11 atom stereocenters. The SMILES string of the molecule is C=CCOC(=O)[C@@](O)(Cc1ccccc1)NC(=O)[C@H](C)[C@@H](OC)[C@@]1(O)CCCN1C(=O)C[C@@H](OC)[C@H]([C@@H](C)CC)N(C)C(=O)[C@@H](NC(=C)[C@H](C(C)C)N(C)C(=O)OCc1ccc(NC(=O)[C@H](CCCNC(N)=O)NC(=O)C(N)C(C)C)cc1)C(C)C. The maximum absolute atomic E-state index is 14.9. The highest BCUT2D eigenvalue weighted by molar-refractivity contribution is 5.98. The van der Waals surface area contributed by atoms with E-state index >= 15 is 0 Å². The molecular weight excluding hydrogens is 1110 g/mol. The first-order valence-corrected chi connectivity index (χ1v) is 29.5. The molecule has 24 nitrogen and oxygen atoms in total. The number of urea groups is 1. The minimum absolute atomic E-state index is 0.0332. The second-order valence-corrected chi connectivity index (χ2v) is 23.4. The summed E-state index contributed by atoms with van der Waals surface area (Å²) in [5.74, 6) is -5.97. The first-order valence-electron chi connectivity index (χ1n) is 29.5. The lowest BCUT2D eigenvalue weighted by Gasteiger charge is -2.43. The van der Waals surface area contributed by atoms with Crippen LogP contribution < -0.4 is 38.1 Å². The fourth-order valence-electron chi connectivity index (χ4n) is 10.8. The molecule has 0 saturated carbocycles. The Morgan fingerprint density at radius 1 is 0.837 bits per heavy atom. The second-order valence-electron chi connectivity index (χ2n) is 23.4. The molecule has 1 saturated heterocycles. The van der Waals surface area contributed by atoms with Gasteiger partial charge in [0.2, 0.25) is 35.3 Å². The number of hydrogen-bond acceptors (Lipinski definition) is 16. The number of nitrogens with zero attached hydrogens (tertiary/aromatic N) is 3. The Balaban J connectivity index is 1.76. The number of esters is 1. The highest BCUT2D eigenvalue weighted by atomic mass is 16.6. The van der Waals surface area contributed by atoms with Crippen molar-refractivity contribution in [2.24, 2.45) is 41.1 Å². The Labute approximate surface area is 507 Å². The van der Waals surface area contributed by atoms with Crippen molar-refractivity contribution in [1.29, 1.82) is 0 Å². The smallest absolute Gasteiger partial charge is 0.410 e. The zero-order valence-corrected chi connectivity index (χ0v) is 52.7. The van der Waals surface area contributed by atoms with Gasteiger partial charge in [0, 0.05) is 59.2 Å². The molecule has 0 spiro atoms. The number of nitrogens with one attached hydrogen (secondary N) is 5. The van der Waals surface area contributed by atoms with Crippen LogP contribution in [0.25, 0.3) is 0 Å². The standard InChI is InChI=1S/C62H98N10O14/c1-16-33-85-58(78)61(81,35-43-23-19-18-20-24-43)69-54(74)41(10)53(84-15)62(82)30-22-32-72(62)48(73)34-47(83-14)52(40(9)17-2)70(12)57(77)50(38(5)6)66-42(11)51(39(7)8)71(13)60(80)86-36-44-26-28-45(29-27-44)67-55(75)46(25-21-31-65-59(64)79)68-56(76)49(63)37(3)4/h16,18-20,23-24,26-29,37-41,46-47,49-53,66,81-82H,1,11,17,21-22,25,30-36,63H2,2-10,12-15H3,(H,67,75)(H,68,76)(H,69,74)(H3,64,65,79)/t40-,41+,46-,47+,49?,50-,51-,52-,53+,61-,62-/m0/s1. The molecule has 1 aliphatic rings. The fourth-order valence-corrected chi connectivity index (χ4v) is 10.8.